The quantitative estimate of drug-likeness (QED) is 0.791. The monoisotopic (exact) mass is 332 g/mol. The van der Waals surface area contributed by atoms with Gasteiger partial charge in [-0.3, -0.25) is 4.79 Å². The van der Waals surface area contributed by atoms with Crippen molar-refractivity contribution in [1.82, 2.24) is 14.8 Å². The first-order valence-corrected chi connectivity index (χ1v) is 8.70. The number of aromatic nitrogens is 3. The van der Waals surface area contributed by atoms with E-state index in [-0.39, 0.29) is 5.91 Å². The number of carbonyl (C=O) groups is 1. The van der Waals surface area contributed by atoms with E-state index in [0.29, 0.717) is 5.56 Å². The first-order chi connectivity index (χ1) is 12.3. The number of amides is 1. The zero-order chi connectivity index (χ0) is 17.1. The van der Waals surface area contributed by atoms with Crippen molar-refractivity contribution in [3.8, 4) is 11.4 Å². The first-order valence-electron chi connectivity index (χ1n) is 8.70. The van der Waals surface area contributed by atoms with Crippen LogP contribution in [-0.2, 0) is 13.0 Å². The summed E-state index contributed by atoms with van der Waals surface area (Å²) in [6, 6.07) is 17.0. The standard InChI is InChI=1S/C20H20N4O/c25-20(21-17-7-3-1-4-8-17)16-12-10-15(11-13-16)19-23-22-18-9-5-2-6-14-24(18)19/h1,3-4,7-8,10-13H,2,5-6,9,14H2,(H,21,25). The van der Waals surface area contributed by atoms with E-state index in [1.165, 1.54) is 12.8 Å². The fraction of sp³-hybridized carbons (Fsp3) is 0.250. The van der Waals surface area contributed by atoms with Crippen LogP contribution in [0.25, 0.3) is 11.4 Å². The van der Waals surface area contributed by atoms with E-state index < -0.39 is 0 Å². The van der Waals surface area contributed by atoms with Crippen LogP contribution in [-0.4, -0.2) is 20.7 Å². The van der Waals surface area contributed by atoms with Crippen LogP contribution >= 0.6 is 0 Å². The molecule has 25 heavy (non-hydrogen) atoms. The number of anilines is 1. The van der Waals surface area contributed by atoms with Crippen molar-refractivity contribution in [3.05, 3.63) is 66.0 Å². The molecule has 5 nitrogen and oxygen atoms in total. The molecule has 0 aliphatic carbocycles. The maximum absolute atomic E-state index is 12.3. The Bertz CT molecular complexity index is 868. The summed E-state index contributed by atoms with van der Waals surface area (Å²) in [6.07, 6.45) is 4.57. The smallest absolute Gasteiger partial charge is 0.255 e. The largest absolute Gasteiger partial charge is 0.322 e. The van der Waals surface area contributed by atoms with Crippen molar-refractivity contribution in [2.75, 3.05) is 5.32 Å². The fourth-order valence-electron chi connectivity index (χ4n) is 3.19. The highest BCUT2D eigenvalue weighted by molar-refractivity contribution is 6.04. The van der Waals surface area contributed by atoms with Gasteiger partial charge in [0.05, 0.1) is 0 Å². The van der Waals surface area contributed by atoms with Gasteiger partial charge in [-0.2, -0.15) is 0 Å². The molecule has 2 heterocycles. The maximum atomic E-state index is 12.3. The zero-order valence-corrected chi connectivity index (χ0v) is 14.0. The predicted molar refractivity (Wildman–Crippen MR) is 97.4 cm³/mol. The van der Waals surface area contributed by atoms with Crippen LogP contribution in [0.1, 0.15) is 35.4 Å². The highest BCUT2D eigenvalue weighted by Crippen LogP contribution is 2.23. The third kappa shape index (κ3) is 3.31. The molecule has 126 valence electrons. The van der Waals surface area contributed by atoms with Crippen LogP contribution in [0.2, 0.25) is 0 Å². The summed E-state index contributed by atoms with van der Waals surface area (Å²) in [5, 5.41) is 11.6. The van der Waals surface area contributed by atoms with Crippen LogP contribution < -0.4 is 5.32 Å². The summed E-state index contributed by atoms with van der Waals surface area (Å²) in [5.74, 6) is 1.85. The molecule has 4 rings (SSSR count). The van der Waals surface area contributed by atoms with Gasteiger partial charge >= 0.3 is 0 Å². The number of nitrogens with one attached hydrogen (secondary N) is 1. The van der Waals surface area contributed by atoms with Gasteiger partial charge in [-0.1, -0.05) is 36.8 Å². The number of hydrogen-bond donors (Lipinski definition) is 1. The highest BCUT2D eigenvalue weighted by atomic mass is 16.1. The molecule has 0 spiro atoms. The molecular formula is C20H20N4O. The van der Waals surface area contributed by atoms with Gasteiger partial charge in [-0.15, -0.1) is 10.2 Å². The lowest BCUT2D eigenvalue weighted by molar-refractivity contribution is 0.102. The third-order valence-corrected chi connectivity index (χ3v) is 4.55. The molecule has 0 unspecified atom stereocenters. The molecule has 1 aromatic heterocycles. The Morgan fingerprint density at radius 3 is 2.52 bits per heavy atom. The SMILES string of the molecule is O=C(Nc1ccccc1)c1ccc(-c2nnc3n2CCCCC3)cc1. The molecular weight excluding hydrogens is 312 g/mol. The van der Waals surface area contributed by atoms with Crippen molar-refractivity contribution in [1.29, 1.82) is 0 Å². The number of rotatable bonds is 3. The molecule has 0 fully saturated rings. The van der Waals surface area contributed by atoms with Crippen molar-refractivity contribution < 1.29 is 4.79 Å². The molecule has 0 bridgehead atoms. The van der Waals surface area contributed by atoms with Gasteiger partial charge in [0, 0.05) is 29.8 Å². The van der Waals surface area contributed by atoms with Crippen molar-refractivity contribution in [2.45, 2.75) is 32.2 Å². The molecule has 0 atom stereocenters. The molecule has 0 saturated carbocycles. The third-order valence-electron chi connectivity index (χ3n) is 4.55. The summed E-state index contributed by atoms with van der Waals surface area (Å²) < 4.78 is 2.21. The van der Waals surface area contributed by atoms with E-state index in [9.17, 15) is 4.79 Å². The summed E-state index contributed by atoms with van der Waals surface area (Å²) in [4.78, 5) is 12.3. The number of carbonyl (C=O) groups excluding carboxylic acids is 1. The van der Waals surface area contributed by atoms with E-state index in [1.807, 2.05) is 54.6 Å². The van der Waals surface area contributed by atoms with Crippen LogP contribution in [0.4, 0.5) is 5.69 Å². The topological polar surface area (TPSA) is 59.8 Å². The highest BCUT2D eigenvalue weighted by Gasteiger charge is 2.16. The fourth-order valence-corrected chi connectivity index (χ4v) is 3.19. The van der Waals surface area contributed by atoms with E-state index >= 15 is 0 Å². The summed E-state index contributed by atoms with van der Waals surface area (Å²) in [6.45, 7) is 0.966. The number of para-hydroxylation sites is 1. The number of nitrogens with zero attached hydrogens (tertiary/aromatic N) is 3. The van der Waals surface area contributed by atoms with E-state index in [0.717, 1.165) is 42.3 Å². The van der Waals surface area contributed by atoms with Gasteiger partial charge in [0.2, 0.25) is 0 Å². The van der Waals surface area contributed by atoms with Crippen LogP contribution in [0, 0.1) is 0 Å². The molecule has 2 aromatic carbocycles. The number of benzene rings is 2. The lowest BCUT2D eigenvalue weighted by atomic mass is 10.1. The second-order valence-corrected chi connectivity index (χ2v) is 6.30. The molecule has 1 amide bonds. The van der Waals surface area contributed by atoms with Crippen LogP contribution in [0.3, 0.4) is 0 Å². The van der Waals surface area contributed by atoms with Gasteiger partial charge in [-0.05, 0) is 37.1 Å². The molecule has 1 aliphatic heterocycles. The minimum absolute atomic E-state index is 0.113. The van der Waals surface area contributed by atoms with Crippen molar-refractivity contribution in [2.24, 2.45) is 0 Å². The van der Waals surface area contributed by atoms with Crippen LogP contribution in [0.5, 0.6) is 0 Å². The molecule has 0 saturated heterocycles. The van der Waals surface area contributed by atoms with Gasteiger partial charge in [0.25, 0.3) is 5.91 Å². The van der Waals surface area contributed by atoms with Crippen molar-refractivity contribution in [3.63, 3.8) is 0 Å². The van der Waals surface area contributed by atoms with E-state index in [1.54, 1.807) is 0 Å². The van der Waals surface area contributed by atoms with E-state index in [4.69, 9.17) is 0 Å². The number of fused-ring (bicyclic) bond motifs is 1. The Kier molecular flexibility index (Phi) is 4.29. The normalized spacial score (nSPS) is 13.8. The Labute approximate surface area is 146 Å². The molecule has 1 N–H and O–H groups in total. The zero-order valence-electron chi connectivity index (χ0n) is 14.0. The van der Waals surface area contributed by atoms with Crippen LogP contribution in [0.15, 0.2) is 54.6 Å². The van der Waals surface area contributed by atoms with Gasteiger partial charge in [0.15, 0.2) is 5.82 Å². The molecule has 5 heteroatoms. The number of hydrogen-bond acceptors (Lipinski definition) is 3. The molecule has 1 aliphatic rings. The first kappa shape index (κ1) is 15.6. The summed E-state index contributed by atoms with van der Waals surface area (Å²) in [7, 11) is 0. The van der Waals surface area contributed by atoms with Gasteiger partial charge in [-0.25, -0.2) is 0 Å². The molecule has 0 radical (unpaired) electrons. The lowest BCUT2D eigenvalue weighted by Crippen LogP contribution is -2.11. The minimum atomic E-state index is -0.113. The van der Waals surface area contributed by atoms with Gasteiger partial charge < -0.3 is 9.88 Å². The molecule has 3 aromatic rings. The van der Waals surface area contributed by atoms with E-state index in [2.05, 4.69) is 20.1 Å². The Morgan fingerprint density at radius 2 is 1.72 bits per heavy atom. The predicted octanol–water partition coefficient (Wildman–Crippen LogP) is 3.92. The Hall–Kier alpha value is -2.95. The lowest BCUT2D eigenvalue weighted by Gasteiger charge is -2.08. The Balaban J connectivity index is 1.54. The minimum Gasteiger partial charge on any atom is -0.322 e. The summed E-state index contributed by atoms with van der Waals surface area (Å²) in [5.41, 5.74) is 2.42. The summed E-state index contributed by atoms with van der Waals surface area (Å²) >= 11 is 0. The van der Waals surface area contributed by atoms with Gasteiger partial charge in [0.1, 0.15) is 5.82 Å². The average Bonchev–Trinajstić information content (AvgIpc) is 2.91. The second-order valence-electron chi connectivity index (χ2n) is 6.30. The number of aryl methyl sites for hydroxylation is 1. The van der Waals surface area contributed by atoms with Crippen molar-refractivity contribution >= 4 is 11.6 Å². The Morgan fingerprint density at radius 1 is 0.920 bits per heavy atom. The average molecular weight is 332 g/mol. The second kappa shape index (κ2) is 6.89. The maximum Gasteiger partial charge on any atom is 0.255 e.